The van der Waals surface area contributed by atoms with Crippen molar-refractivity contribution in [3.8, 4) is 0 Å². The molecular weight excluding hydrogens is 877 g/mol. The first-order valence-electron chi connectivity index (χ1n) is 26.9. The lowest BCUT2D eigenvalue weighted by atomic mass is 9.98. The summed E-state index contributed by atoms with van der Waals surface area (Å²) < 4.78 is 28.3. The molecule has 12 nitrogen and oxygen atoms in total. The van der Waals surface area contributed by atoms with Crippen LogP contribution in [0.3, 0.4) is 0 Å². The molecule has 6 unspecified atom stereocenters. The highest BCUT2D eigenvalue weighted by molar-refractivity contribution is 5.74. The standard InChI is InChI=1S/C57H94O12/c1-4-7-10-13-16-19-22-25-28-31-34-37-40-43-49(58)65-46-48(67-50(59)44-41-38-35-32-29-26-23-20-17-14-11-8-5-2)47-66-57-55(53(62)52(61)54(69-57)56(63)64)68-51(60)45-42-39-36-33-30-27-24-21-18-15-12-9-6-3/h7,10-11,14,16,19-21,23-25,28,48,52-55,57,61-62H,4-6,8-9,12-13,15,17-18,22,26-27,29-47H2,1-3H3,(H,63,64)/b10-7-,14-11-,19-16-,23-20-,24-21-,28-25-. The van der Waals surface area contributed by atoms with E-state index in [1.807, 2.05) is 0 Å². The van der Waals surface area contributed by atoms with Crippen molar-refractivity contribution >= 4 is 23.9 Å². The van der Waals surface area contributed by atoms with Gasteiger partial charge in [-0.3, -0.25) is 14.4 Å². The van der Waals surface area contributed by atoms with E-state index in [9.17, 15) is 34.5 Å². The molecule has 1 heterocycles. The topological polar surface area (TPSA) is 175 Å². The maximum atomic E-state index is 13.1. The fourth-order valence-corrected chi connectivity index (χ4v) is 7.59. The molecular formula is C57H94O12. The normalized spacial score (nSPS) is 19.2. The van der Waals surface area contributed by atoms with Crippen molar-refractivity contribution in [2.24, 2.45) is 0 Å². The molecule has 394 valence electrons. The first-order chi connectivity index (χ1) is 33.6. The van der Waals surface area contributed by atoms with Gasteiger partial charge in [-0.1, -0.05) is 164 Å². The monoisotopic (exact) mass is 971 g/mol. The van der Waals surface area contributed by atoms with Crippen molar-refractivity contribution in [2.45, 2.75) is 250 Å². The van der Waals surface area contributed by atoms with Gasteiger partial charge in [-0.15, -0.1) is 0 Å². The Morgan fingerprint density at radius 3 is 1.48 bits per heavy atom. The van der Waals surface area contributed by atoms with Crippen molar-refractivity contribution in [3.05, 3.63) is 72.9 Å². The average molecular weight is 971 g/mol. The summed E-state index contributed by atoms with van der Waals surface area (Å²) in [5.41, 5.74) is 0. The number of aliphatic carboxylic acids is 1. The van der Waals surface area contributed by atoms with E-state index in [1.54, 1.807) is 0 Å². The third-order valence-corrected chi connectivity index (χ3v) is 11.7. The molecule has 3 N–H and O–H groups in total. The van der Waals surface area contributed by atoms with Gasteiger partial charge in [-0.2, -0.15) is 0 Å². The predicted octanol–water partition coefficient (Wildman–Crippen LogP) is 13.0. The molecule has 1 rings (SSSR count). The fourth-order valence-electron chi connectivity index (χ4n) is 7.59. The molecule has 12 heteroatoms. The zero-order chi connectivity index (χ0) is 50.4. The van der Waals surface area contributed by atoms with Crippen molar-refractivity contribution in [1.29, 1.82) is 0 Å². The summed E-state index contributed by atoms with van der Waals surface area (Å²) in [6, 6.07) is 0. The SMILES string of the molecule is CC/C=C\C/C=C\C/C=C\CCCCCC(=O)OCC(COC1OC(C(=O)O)C(O)C(O)C1OC(=O)CCCCCCC/C=C\CCCCCC)OC(=O)CCCCCCC/C=C\C/C=C\CCC. The van der Waals surface area contributed by atoms with Gasteiger partial charge in [-0.25, -0.2) is 4.79 Å². The second-order valence-corrected chi connectivity index (χ2v) is 18.1. The van der Waals surface area contributed by atoms with Crippen molar-refractivity contribution in [3.63, 3.8) is 0 Å². The zero-order valence-corrected chi connectivity index (χ0v) is 43.0. The van der Waals surface area contributed by atoms with Crippen LogP contribution in [0.1, 0.15) is 213 Å². The lowest BCUT2D eigenvalue weighted by Gasteiger charge is -2.40. The number of aliphatic hydroxyl groups excluding tert-OH is 2. The molecule has 0 aromatic carbocycles. The van der Waals surface area contributed by atoms with E-state index in [4.69, 9.17) is 23.7 Å². The summed E-state index contributed by atoms with van der Waals surface area (Å²) in [6.45, 7) is 5.73. The van der Waals surface area contributed by atoms with Crippen LogP contribution in [0.5, 0.6) is 0 Å². The van der Waals surface area contributed by atoms with E-state index in [0.717, 1.165) is 128 Å². The van der Waals surface area contributed by atoms with Gasteiger partial charge in [0.1, 0.15) is 18.8 Å². The van der Waals surface area contributed by atoms with Gasteiger partial charge in [0, 0.05) is 19.3 Å². The van der Waals surface area contributed by atoms with Crippen LogP contribution in [0, 0.1) is 0 Å². The summed E-state index contributed by atoms with van der Waals surface area (Å²) in [5, 5.41) is 31.4. The van der Waals surface area contributed by atoms with Crippen LogP contribution in [0.25, 0.3) is 0 Å². The van der Waals surface area contributed by atoms with Crippen molar-refractivity contribution in [1.82, 2.24) is 0 Å². The van der Waals surface area contributed by atoms with Crippen LogP contribution in [0.2, 0.25) is 0 Å². The van der Waals surface area contributed by atoms with Crippen LogP contribution < -0.4 is 0 Å². The number of aliphatic hydroxyl groups is 2. The van der Waals surface area contributed by atoms with Crippen molar-refractivity contribution < 1.29 is 58.2 Å². The number of ether oxygens (including phenoxy) is 5. The third-order valence-electron chi connectivity index (χ3n) is 11.7. The first kappa shape index (κ1) is 63.2. The number of rotatable bonds is 44. The van der Waals surface area contributed by atoms with Crippen LogP contribution in [-0.2, 0) is 42.9 Å². The smallest absolute Gasteiger partial charge is 0.335 e. The van der Waals surface area contributed by atoms with Gasteiger partial charge >= 0.3 is 23.9 Å². The number of carboxylic acid groups (broad SMARTS) is 1. The Labute approximate surface area is 417 Å². The molecule has 0 aliphatic carbocycles. The summed E-state index contributed by atoms with van der Waals surface area (Å²) >= 11 is 0. The largest absolute Gasteiger partial charge is 0.479 e. The van der Waals surface area contributed by atoms with E-state index >= 15 is 0 Å². The van der Waals surface area contributed by atoms with E-state index in [2.05, 4.69) is 93.7 Å². The van der Waals surface area contributed by atoms with Gasteiger partial charge in [0.15, 0.2) is 24.6 Å². The fraction of sp³-hybridized carbons (Fsp3) is 0.719. The first-order valence-corrected chi connectivity index (χ1v) is 26.9. The van der Waals surface area contributed by atoms with E-state index in [1.165, 1.54) is 25.7 Å². The Hall–Kier alpha value is -3.84. The average Bonchev–Trinajstić information content (AvgIpc) is 3.33. The number of carboxylic acids is 1. The Morgan fingerprint density at radius 1 is 0.493 bits per heavy atom. The van der Waals surface area contributed by atoms with Gasteiger partial charge in [0.05, 0.1) is 6.61 Å². The second-order valence-electron chi connectivity index (χ2n) is 18.1. The minimum atomic E-state index is -1.91. The minimum Gasteiger partial charge on any atom is -0.479 e. The highest BCUT2D eigenvalue weighted by atomic mass is 16.7. The van der Waals surface area contributed by atoms with E-state index in [-0.39, 0.29) is 25.9 Å². The molecule has 1 fully saturated rings. The van der Waals surface area contributed by atoms with Crippen molar-refractivity contribution in [2.75, 3.05) is 13.2 Å². The lowest BCUT2D eigenvalue weighted by molar-refractivity contribution is -0.301. The maximum absolute atomic E-state index is 13.1. The molecule has 0 aromatic heterocycles. The summed E-state index contributed by atoms with van der Waals surface area (Å²) in [4.78, 5) is 50.9. The van der Waals surface area contributed by atoms with Gasteiger partial charge < -0.3 is 39.0 Å². The predicted molar refractivity (Wildman–Crippen MR) is 275 cm³/mol. The van der Waals surface area contributed by atoms with Crippen LogP contribution in [-0.4, -0.2) is 89.2 Å². The van der Waals surface area contributed by atoms with Crippen LogP contribution in [0.4, 0.5) is 0 Å². The molecule has 69 heavy (non-hydrogen) atoms. The quantitative estimate of drug-likeness (QED) is 0.0228. The minimum absolute atomic E-state index is 0.0437. The molecule has 0 bridgehead atoms. The molecule has 6 atom stereocenters. The number of carbonyl (C=O) groups excluding carboxylic acids is 3. The molecule has 1 saturated heterocycles. The Kier molecular flexibility index (Phi) is 41.5. The Bertz CT molecular complexity index is 1480. The van der Waals surface area contributed by atoms with Gasteiger partial charge in [0.25, 0.3) is 0 Å². The number of esters is 3. The molecule has 0 aromatic rings. The van der Waals surface area contributed by atoms with E-state index < -0.39 is 67.3 Å². The molecule has 0 spiro atoms. The molecule has 0 radical (unpaired) electrons. The third kappa shape index (κ3) is 35.8. The summed E-state index contributed by atoms with van der Waals surface area (Å²) in [5.74, 6) is -3.20. The highest BCUT2D eigenvalue weighted by Crippen LogP contribution is 2.26. The number of carbonyl (C=O) groups is 4. The molecule has 1 aliphatic heterocycles. The van der Waals surface area contributed by atoms with E-state index in [0.29, 0.717) is 19.3 Å². The molecule has 0 saturated carbocycles. The summed E-state index contributed by atoms with van der Waals surface area (Å²) in [7, 11) is 0. The maximum Gasteiger partial charge on any atom is 0.335 e. The Balaban J connectivity index is 2.76. The second kappa shape index (κ2) is 45.3. The summed E-state index contributed by atoms with van der Waals surface area (Å²) in [6.07, 6.45) is 43.2. The highest BCUT2D eigenvalue weighted by Gasteiger charge is 2.50. The number of unbranched alkanes of at least 4 members (excludes halogenated alkanes) is 18. The number of hydrogen-bond acceptors (Lipinski definition) is 11. The van der Waals surface area contributed by atoms with Gasteiger partial charge in [-0.05, 0) is 103 Å². The molecule has 1 aliphatic rings. The zero-order valence-electron chi connectivity index (χ0n) is 43.0. The molecule has 0 amide bonds. The number of allylic oxidation sites excluding steroid dienone is 12. The van der Waals surface area contributed by atoms with Gasteiger partial charge in [0.2, 0.25) is 0 Å². The van der Waals surface area contributed by atoms with Crippen LogP contribution >= 0.6 is 0 Å². The lowest BCUT2D eigenvalue weighted by Crippen LogP contribution is -2.61. The van der Waals surface area contributed by atoms with Crippen LogP contribution in [0.15, 0.2) is 72.9 Å². The Morgan fingerprint density at radius 2 is 0.942 bits per heavy atom. The number of hydrogen-bond donors (Lipinski definition) is 3.